The third kappa shape index (κ3) is 5.67. The molecule has 1 aromatic heterocycles. The molecule has 6 heteroatoms. The number of pyridine rings is 1. The van der Waals surface area contributed by atoms with Gasteiger partial charge in [0, 0.05) is 24.7 Å². The summed E-state index contributed by atoms with van der Waals surface area (Å²) >= 11 is 0. The summed E-state index contributed by atoms with van der Waals surface area (Å²) in [5.74, 6) is 1.23. The van der Waals surface area contributed by atoms with Crippen molar-refractivity contribution in [3.63, 3.8) is 0 Å². The number of methoxy groups -OCH3 is 1. The van der Waals surface area contributed by atoms with E-state index in [0.717, 1.165) is 43.1 Å². The first-order valence-corrected chi connectivity index (χ1v) is 11.5. The van der Waals surface area contributed by atoms with Gasteiger partial charge in [-0.3, -0.25) is 14.2 Å². The van der Waals surface area contributed by atoms with Crippen LogP contribution in [0.1, 0.15) is 63.9 Å². The van der Waals surface area contributed by atoms with E-state index >= 15 is 0 Å². The van der Waals surface area contributed by atoms with Crippen LogP contribution in [0, 0.1) is 5.92 Å². The van der Waals surface area contributed by atoms with E-state index in [1.54, 1.807) is 16.6 Å². The lowest BCUT2D eigenvalue weighted by atomic mass is 9.84. The zero-order valence-electron chi connectivity index (χ0n) is 19.1. The molecule has 0 spiro atoms. The van der Waals surface area contributed by atoms with Crippen LogP contribution in [0.5, 0.6) is 5.75 Å². The quantitative estimate of drug-likeness (QED) is 0.657. The first kappa shape index (κ1) is 23.3. The van der Waals surface area contributed by atoms with E-state index in [1.165, 1.54) is 6.42 Å². The molecule has 1 fully saturated rings. The normalized spacial score (nSPS) is 14.9. The van der Waals surface area contributed by atoms with E-state index in [2.05, 4.69) is 13.8 Å². The number of benzene rings is 1. The number of aromatic nitrogens is 1. The molecule has 1 aliphatic rings. The highest BCUT2D eigenvalue weighted by Crippen LogP contribution is 2.32. The lowest BCUT2D eigenvalue weighted by Crippen LogP contribution is -2.40. The van der Waals surface area contributed by atoms with Crippen LogP contribution in [0.4, 0.5) is 0 Å². The summed E-state index contributed by atoms with van der Waals surface area (Å²) in [6, 6.07) is 7.70. The molecule has 0 aliphatic heterocycles. The summed E-state index contributed by atoms with van der Waals surface area (Å²) in [6.45, 7) is 4.97. The fraction of sp³-hybridized carbons (Fsp3) is 0.600. The number of aliphatic hydroxyl groups is 1. The topological polar surface area (TPSA) is 71.8 Å². The summed E-state index contributed by atoms with van der Waals surface area (Å²) in [6.07, 6.45) is 6.41. The molecule has 1 N–H and O–H groups in total. The maximum absolute atomic E-state index is 13.6. The Balaban J connectivity index is 2.02. The number of nitrogens with zero attached hydrogens (tertiary/aromatic N) is 2. The van der Waals surface area contributed by atoms with Gasteiger partial charge in [0.25, 0.3) is 5.56 Å². The van der Waals surface area contributed by atoms with Gasteiger partial charge < -0.3 is 14.7 Å². The van der Waals surface area contributed by atoms with E-state index in [9.17, 15) is 14.7 Å². The van der Waals surface area contributed by atoms with Crippen molar-refractivity contribution < 1.29 is 14.6 Å². The van der Waals surface area contributed by atoms with Gasteiger partial charge in [0.05, 0.1) is 19.2 Å². The molecule has 2 aromatic rings. The summed E-state index contributed by atoms with van der Waals surface area (Å²) in [5, 5.41) is 10.4. The van der Waals surface area contributed by atoms with E-state index in [0.29, 0.717) is 23.7 Å². The maximum Gasteiger partial charge on any atom is 0.255 e. The third-order valence-electron chi connectivity index (χ3n) is 6.37. The van der Waals surface area contributed by atoms with Crippen LogP contribution >= 0.6 is 0 Å². The Morgan fingerprint density at radius 1 is 1.19 bits per heavy atom. The van der Waals surface area contributed by atoms with Crippen LogP contribution in [0.2, 0.25) is 0 Å². The molecule has 6 nitrogen and oxygen atoms in total. The second kappa shape index (κ2) is 10.8. The van der Waals surface area contributed by atoms with Gasteiger partial charge in [0.2, 0.25) is 5.91 Å². The van der Waals surface area contributed by atoms with Crippen LogP contribution in [0.25, 0.3) is 10.9 Å². The highest BCUT2D eigenvalue weighted by Gasteiger charge is 2.23. The van der Waals surface area contributed by atoms with E-state index in [4.69, 9.17) is 4.74 Å². The largest absolute Gasteiger partial charge is 0.497 e. The van der Waals surface area contributed by atoms with Gasteiger partial charge >= 0.3 is 0 Å². The van der Waals surface area contributed by atoms with Gasteiger partial charge in [-0.25, -0.2) is 0 Å². The summed E-state index contributed by atoms with van der Waals surface area (Å²) in [5.41, 5.74) is 1.46. The van der Waals surface area contributed by atoms with Crippen molar-refractivity contribution >= 4 is 16.8 Å². The number of carbonyl (C=O) groups is 1. The van der Waals surface area contributed by atoms with Crippen molar-refractivity contribution in [2.24, 2.45) is 5.92 Å². The number of aliphatic hydroxyl groups excluding tert-OH is 1. The van der Waals surface area contributed by atoms with Crippen molar-refractivity contribution in [2.75, 3.05) is 26.8 Å². The second-order valence-electron chi connectivity index (χ2n) is 9.04. The first-order chi connectivity index (χ1) is 14.9. The van der Waals surface area contributed by atoms with E-state index < -0.39 is 0 Å². The Kier molecular flexibility index (Phi) is 8.13. The summed E-state index contributed by atoms with van der Waals surface area (Å²) in [4.78, 5) is 28.4. The minimum atomic E-state index is -0.137. The zero-order chi connectivity index (χ0) is 22.4. The second-order valence-corrected chi connectivity index (χ2v) is 9.04. The average Bonchev–Trinajstić information content (AvgIpc) is 2.78. The molecule has 1 aliphatic carbocycles. The van der Waals surface area contributed by atoms with Crippen molar-refractivity contribution in [3.05, 3.63) is 40.2 Å². The molecule has 3 rings (SSSR count). The lowest BCUT2D eigenvalue weighted by molar-refractivity contribution is -0.132. The lowest BCUT2D eigenvalue weighted by Gasteiger charge is -2.25. The number of ether oxygens (including phenoxy) is 1. The van der Waals surface area contributed by atoms with Gasteiger partial charge in [-0.1, -0.05) is 33.1 Å². The highest BCUT2D eigenvalue weighted by atomic mass is 16.5. The van der Waals surface area contributed by atoms with Gasteiger partial charge in [0.1, 0.15) is 12.3 Å². The van der Waals surface area contributed by atoms with Gasteiger partial charge in [-0.05, 0) is 54.7 Å². The number of carbonyl (C=O) groups excluding carboxylic acids is 1. The molecule has 1 saturated carbocycles. The third-order valence-corrected chi connectivity index (χ3v) is 6.37. The van der Waals surface area contributed by atoms with Gasteiger partial charge in [-0.2, -0.15) is 0 Å². The molecule has 0 bridgehead atoms. The monoisotopic (exact) mass is 428 g/mol. The Hall–Kier alpha value is -2.34. The number of hydrogen-bond acceptors (Lipinski definition) is 4. The zero-order valence-corrected chi connectivity index (χ0v) is 19.1. The minimum Gasteiger partial charge on any atom is -0.497 e. The number of hydrogen-bond donors (Lipinski definition) is 1. The number of amides is 1. The maximum atomic E-state index is 13.6. The molecule has 31 heavy (non-hydrogen) atoms. The van der Waals surface area contributed by atoms with Crippen LogP contribution in [-0.2, 0) is 11.3 Å². The minimum absolute atomic E-state index is 0.0266. The summed E-state index contributed by atoms with van der Waals surface area (Å²) in [7, 11) is 1.60. The van der Waals surface area contributed by atoms with Crippen LogP contribution in [-0.4, -0.2) is 47.3 Å². The highest BCUT2D eigenvalue weighted by molar-refractivity contribution is 5.84. The van der Waals surface area contributed by atoms with Crippen LogP contribution in [0.15, 0.2) is 29.1 Å². The average molecular weight is 429 g/mol. The molecule has 0 radical (unpaired) electrons. The molecule has 0 saturated heterocycles. The van der Waals surface area contributed by atoms with E-state index in [1.807, 2.05) is 24.3 Å². The Morgan fingerprint density at radius 3 is 2.58 bits per heavy atom. The van der Waals surface area contributed by atoms with Crippen LogP contribution < -0.4 is 10.3 Å². The van der Waals surface area contributed by atoms with Crippen molar-refractivity contribution in [1.29, 1.82) is 0 Å². The van der Waals surface area contributed by atoms with Crippen molar-refractivity contribution in [3.8, 4) is 5.75 Å². The van der Waals surface area contributed by atoms with Gasteiger partial charge in [0.15, 0.2) is 0 Å². The smallest absolute Gasteiger partial charge is 0.255 e. The predicted molar refractivity (Wildman–Crippen MR) is 124 cm³/mol. The first-order valence-electron chi connectivity index (χ1n) is 11.5. The number of fused-ring (bicyclic) bond motifs is 1. The Labute approximate surface area is 184 Å². The molecule has 1 heterocycles. The fourth-order valence-electron chi connectivity index (χ4n) is 4.50. The fourth-order valence-corrected chi connectivity index (χ4v) is 4.50. The SMILES string of the molecule is COc1ccc2cc(C3CCCCC3)c(=O)n(CC(=O)N(CCO)CCC(C)C)c2c1. The Morgan fingerprint density at radius 2 is 1.94 bits per heavy atom. The van der Waals surface area contributed by atoms with Crippen LogP contribution in [0.3, 0.4) is 0 Å². The molecular formula is C25H36N2O4. The van der Waals surface area contributed by atoms with Crippen molar-refractivity contribution in [2.45, 2.75) is 64.8 Å². The molecule has 1 aromatic carbocycles. The Bertz CT molecular complexity index is 944. The van der Waals surface area contributed by atoms with E-state index in [-0.39, 0.29) is 37.1 Å². The molecular weight excluding hydrogens is 392 g/mol. The summed E-state index contributed by atoms with van der Waals surface area (Å²) < 4.78 is 6.99. The molecule has 0 unspecified atom stereocenters. The van der Waals surface area contributed by atoms with Crippen molar-refractivity contribution in [1.82, 2.24) is 9.47 Å². The number of rotatable bonds is 9. The molecule has 170 valence electrons. The predicted octanol–water partition coefficient (Wildman–Crippen LogP) is 3.92. The molecule has 0 atom stereocenters. The standard InChI is InChI=1S/C25H36N2O4/c1-18(2)11-12-26(13-14-28)24(29)17-27-23-16-21(31-3)10-9-20(23)15-22(25(27)30)19-7-5-4-6-8-19/h9-10,15-16,18-19,28H,4-8,11-14,17H2,1-3H3. The van der Waals surface area contributed by atoms with Gasteiger partial charge in [-0.15, -0.1) is 0 Å². The molecule has 1 amide bonds.